The average Bonchev–Trinajstić information content (AvgIpc) is 3.08. The lowest BCUT2D eigenvalue weighted by Gasteiger charge is -2.37. The first kappa shape index (κ1) is 21.9. The Hall–Kier alpha value is -3.33. The SMILES string of the molecule is CC(NC(=O)[C@@]1(C)COc2c(oc3cc(Br)ccc23)C(=O)N1CC(=O)O)c1ccccc1. The second kappa shape index (κ2) is 8.31. The number of nitrogens with zero attached hydrogens (tertiary/aromatic N) is 1. The molecule has 1 aliphatic rings. The highest BCUT2D eigenvalue weighted by Crippen LogP contribution is 2.39. The van der Waals surface area contributed by atoms with Crippen molar-refractivity contribution in [3.8, 4) is 5.75 Å². The average molecular weight is 501 g/mol. The van der Waals surface area contributed by atoms with Gasteiger partial charge in [-0.15, -0.1) is 0 Å². The Morgan fingerprint density at radius 3 is 2.66 bits per heavy atom. The smallest absolute Gasteiger partial charge is 0.323 e. The number of hydrogen-bond donors (Lipinski definition) is 2. The van der Waals surface area contributed by atoms with E-state index in [-0.39, 0.29) is 24.2 Å². The molecule has 2 atom stereocenters. The molecule has 166 valence electrons. The van der Waals surface area contributed by atoms with Crippen LogP contribution in [0.5, 0.6) is 5.75 Å². The van der Waals surface area contributed by atoms with Crippen LogP contribution in [-0.4, -0.2) is 46.5 Å². The maximum absolute atomic E-state index is 13.4. The number of ether oxygens (including phenoxy) is 1. The summed E-state index contributed by atoms with van der Waals surface area (Å²) in [5, 5.41) is 12.9. The first-order valence-electron chi connectivity index (χ1n) is 9.95. The lowest BCUT2D eigenvalue weighted by molar-refractivity contribution is -0.142. The Balaban J connectivity index is 1.71. The molecular formula is C23H21BrN2O6. The first-order valence-corrected chi connectivity index (χ1v) is 10.7. The number of aliphatic carboxylic acids is 1. The van der Waals surface area contributed by atoms with Gasteiger partial charge in [-0.25, -0.2) is 0 Å². The maximum atomic E-state index is 13.4. The van der Waals surface area contributed by atoms with Crippen molar-refractivity contribution in [2.45, 2.75) is 25.4 Å². The van der Waals surface area contributed by atoms with E-state index in [1.165, 1.54) is 6.92 Å². The quantitative estimate of drug-likeness (QED) is 0.552. The summed E-state index contributed by atoms with van der Waals surface area (Å²) in [4.78, 5) is 39.4. The number of carboxylic acids is 1. The number of carboxylic acid groups (broad SMARTS) is 1. The van der Waals surface area contributed by atoms with Crippen LogP contribution >= 0.6 is 15.9 Å². The summed E-state index contributed by atoms with van der Waals surface area (Å²) in [5.74, 6) is -2.44. The first-order chi connectivity index (χ1) is 15.2. The van der Waals surface area contributed by atoms with Crippen LogP contribution in [0.25, 0.3) is 11.0 Å². The predicted molar refractivity (Wildman–Crippen MR) is 119 cm³/mol. The molecule has 0 saturated carbocycles. The van der Waals surface area contributed by atoms with E-state index in [0.717, 1.165) is 14.9 Å². The number of benzene rings is 2. The number of carbonyl (C=O) groups excluding carboxylic acids is 2. The summed E-state index contributed by atoms with van der Waals surface area (Å²) in [7, 11) is 0. The van der Waals surface area contributed by atoms with Gasteiger partial charge in [-0.2, -0.15) is 0 Å². The van der Waals surface area contributed by atoms with Gasteiger partial charge in [0.05, 0.1) is 11.4 Å². The van der Waals surface area contributed by atoms with Gasteiger partial charge in [-0.1, -0.05) is 46.3 Å². The number of hydrogen-bond acceptors (Lipinski definition) is 5. The molecule has 2 N–H and O–H groups in total. The Morgan fingerprint density at radius 1 is 1.25 bits per heavy atom. The largest absolute Gasteiger partial charge is 0.486 e. The van der Waals surface area contributed by atoms with Crippen LogP contribution in [0.2, 0.25) is 0 Å². The van der Waals surface area contributed by atoms with Crippen LogP contribution in [0.4, 0.5) is 0 Å². The molecule has 0 aliphatic carbocycles. The number of fused-ring (bicyclic) bond motifs is 3. The van der Waals surface area contributed by atoms with E-state index in [1.54, 1.807) is 18.2 Å². The molecule has 4 rings (SSSR count). The molecular weight excluding hydrogens is 480 g/mol. The molecule has 0 fully saturated rings. The van der Waals surface area contributed by atoms with Crippen LogP contribution in [0.1, 0.15) is 36.0 Å². The van der Waals surface area contributed by atoms with E-state index >= 15 is 0 Å². The Bertz CT molecular complexity index is 1210. The van der Waals surface area contributed by atoms with Crippen molar-refractivity contribution in [2.24, 2.45) is 0 Å². The van der Waals surface area contributed by atoms with Gasteiger partial charge in [-0.3, -0.25) is 14.4 Å². The summed E-state index contributed by atoms with van der Waals surface area (Å²) < 4.78 is 12.4. The van der Waals surface area contributed by atoms with Gasteiger partial charge in [-0.05, 0) is 37.6 Å². The third kappa shape index (κ3) is 3.84. The number of nitrogens with one attached hydrogen (secondary N) is 1. The topological polar surface area (TPSA) is 109 Å². The number of halogens is 1. The van der Waals surface area contributed by atoms with Gasteiger partial charge in [0.15, 0.2) is 11.3 Å². The Kier molecular flexibility index (Phi) is 5.68. The van der Waals surface area contributed by atoms with Crippen molar-refractivity contribution >= 4 is 44.7 Å². The summed E-state index contributed by atoms with van der Waals surface area (Å²) in [6.45, 7) is 2.38. The van der Waals surface area contributed by atoms with Crippen molar-refractivity contribution in [1.82, 2.24) is 10.2 Å². The molecule has 0 saturated heterocycles. The molecule has 1 unspecified atom stereocenters. The zero-order chi connectivity index (χ0) is 23.0. The molecule has 8 nitrogen and oxygen atoms in total. The van der Waals surface area contributed by atoms with Crippen molar-refractivity contribution in [1.29, 1.82) is 0 Å². The van der Waals surface area contributed by atoms with Gasteiger partial charge in [0, 0.05) is 4.47 Å². The van der Waals surface area contributed by atoms with E-state index in [1.807, 2.05) is 37.3 Å². The van der Waals surface area contributed by atoms with Crippen molar-refractivity contribution in [3.05, 3.63) is 64.3 Å². The normalized spacial score (nSPS) is 19.1. The third-order valence-corrected chi connectivity index (χ3v) is 6.06. The molecule has 2 heterocycles. The molecule has 0 spiro atoms. The second-order valence-electron chi connectivity index (χ2n) is 7.85. The second-order valence-corrected chi connectivity index (χ2v) is 8.77. The highest BCUT2D eigenvalue weighted by Gasteiger charge is 2.49. The fourth-order valence-corrected chi connectivity index (χ4v) is 4.06. The van der Waals surface area contributed by atoms with E-state index in [9.17, 15) is 19.5 Å². The number of furan rings is 1. The molecule has 1 aliphatic heterocycles. The molecule has 0 bridgehead atoms. The zero-order valence-corrected chi connectivity index (χ0v) is 19.0. The monoisotopic (exact) mass is 500 g/mol. The van der Waals surface area contributed by atoms with Crippen LogP contribution in [0.3, 0.4) is 0 Å². The zero-order valence-electron chi connectivity index (χ0n) is 17.4. The standard InChI is InChI=1S/C23H21BrN2O6/c1-13(14-6-4-3-5-7-14)25-22(30)23(2)12-31-19-16-9-8-15(24)10-17(16)32-20(19)21(29)26(23)11-18(27)28/h3-10,13H,11-12H2,1-2H3,(H,25,30)(H,27,28)/t13?,23-/m1/s1. The minimum absolute atomic E-state index is 0.132. The van der Waals surface area contributed by atoms with Crippen LogP contribution in [0.15, 0.2) is 57.4 Å². The van der Waals surface area contributed by atoms with Crippen LogP contribution in [0, 0.1) is 0 Å². The van der Waals surface area contributed by atoms with Crippen LogP contribution < -0.4 is 10.1 Å². The highest BCUT2D eigenvalue weighted by atomic mass is 79.9. The van der Waals surface area contributed by atoms with Crippen LogP contribution in [-0.2, 0) is 9.59 Å². The lowest BCUT2D eigenvalue weighted by atomic mass is 9.97. The summed E-state index contributed by atoms with van der Waals surface area (Å²) in [6.07, 6.45) is 0. The fourth-order valence-electron chi connectivity index (χ4n) is 3.72. The molecule has 2 aromatic carbocycles. The summed E-state index contributed by atoms with van der Waals surface area (Å²) >= 11 is 3.35. The van der Waals surface area contributed by atoms with Gasteiger partial charge < -0.3 is 24.5 Å². The number of amides is 2. The minimum atomic E-state index is -1.58. The molecule has 1 aromatic heterocycles. The molecule has 2 amide bonds. The molecule has 3 aromatic rings. The Labute approximate surface area is 192 Å². The number of rotatable bonds is 5. The maximum Gasteiger partial charge on any atom is 0.323 e. The van der Waals surface area contributed by atoms with Gasteiger partial charge in [0.25, 0.3) is 5.91 Å². The summed E-state index contributed by atoms with van der Waals surface area (Å²) in [6, 6.07) is 14.2. The van der Waals surface area contributed by atoms with E-state index in [2.05, 4.69) is 21.2 Å². The highest BCUT2D eigenvalue weighted by molar-refractivity contribution is 9.10. The van der Waals surface area contributed by atoms with Gasteiger partial charge in [0.1, 0.15) is 18.7 Å². The van der Waals surface area contributed by atoms with Crippen molar-refractivity contribution in [3.63, 3.8) is 0 Å². The van der Waals surface area contributed by atoms with Crippen molar-refractivity contribution < 1.29 is 28.6 Å². The summed E-state index contributed by atoms with van der Waals surface area (Å²) in [5.41, 5.74) is -0.292. The predicted octanol–water partition coefficient (Wildman–Crippen LogP) is 3.75. The molecule has 32 heavy (non-hydrogen) atoms. The third-order valence-electron chi connectivity index (χ3n) is 5.57. The minimum Gasteiger partial charge on any atom is -0.486 e. The van der Waals surface area contributed by atoms with E-state index < -0.39 is 29.9 Å². The van der Waals surface area contributed by atoms with Gasteiger partial charge in [0.2, 0.25) is 11.7 Å². The lowest BCUT2D eigenvalue weighted by Crippen LogP contribution is -2.62. The number of carbonyl (C=O) groups is 3. The van der Waals surface area contributed by atoms with E-state index in [0.29, 0.717) is 11.0 Å². The Morgan fingerprint density at radius 2 is 1.97 bits per heavy atom. The van der Waals surface area contributed by atoms with Crippen molar-refractivity contribution in [2.75, 3.05) is 13.2 Å². The molecule has 9 heteroatoms. The molecule has 0 radical (unpaired) electrons. The van der Waals surface area contributed by atoms with E-state index in [4.69, 9.17) is 9.15 Å². The van der Waals surface area contributed by atoms with Gasteiger partial charge >= 0.3 is 5.97 Å². The fraction of sp³-hybridized carbons (Fsp3) is 0.261.